The standard InChI is InChI=1S/C16H18N2O3/c19-16-13(7-9-20-16)18-8-3-4-11(10-18)15-17-12-5-1-2-6-14(12)21-15/h1-2,5-6,11,13H,3-4,7-10H2/t11-,13-/m0/s1. The summed E-state index contributed by atoms with van der Waals surface area (Å²) in [7, 11) is 0. The highest BCUT2D eigenvalue weighted by Crippen LogP contribution is 2.31. The fourth-order valence-corrected chi connectivity index (χ4v) is 3.37. The summed E-state index contributed by atoms with van der Waals surface area (Å²) in [5.74, 6) is 0.986. The maximum absolute atomic E-state index is 11.8. The summed E-state index contributed by atoms with van der Waals surface area (Å²) in [5, 5.41) is 0. The van der Waals surface area contributed by atoms with E-state index in [2.05, 4.69) is 9.88 Å². The predicted octanol–water partition coefficient (Wildman–Crippen LogP) is 2.32. The molecular formula is C16H18N2O3. The van der Waals surface area contributed by atoms with E-state index >= 15 is 0 Å². The van der Waals surface area contributed by atoms with Crippen molar-refractivity contribution in [1.82, 2.24) is 9.88 Å². The zero-order valence-corrected chi connectivity index (χ0v) is 11.8. The smallest absolute Gasteiger partial charge is 0.323 e. The lowest BCUT2D eigenvalue weighted by atomic mass is 9.96. The van der Waals surface area contributed by atoms with Gasteiger partial charge in [-0.2, -0.15) is 0 Å². The lowest BCUT2D eigenvalue weighted by Crippen LogP contribution is -2.44. The van der Waals surface area contributed by atoms with Crippen LogP contribution in [0.4, 0.5) is 0 Å². The van der Waals surface area contributed by atoms with E-state index in [0.29, 0.717) is 6.61 Å². The van der Waals surface area contributed by atoms with Crippen LogP contribution in [0.25, 0.3) is 11.1 Å². The molecule has 0 bridgehead atoms. The molecular weight excluding hydrogens is 268 g/mol. The quantitative estimate of drug-likeness (QED) is 0.793. The Balaban J connectivity index is 1.56. The fraction of sp³-hybridized carbons (Fsp3) is 0.500. The van der Waals surface area contributed by atoms with Gasteiger partial charge in [-0.15, -0.1) is 0 Å². The van der Waals surface area contributed by atoms with Gasteiger partial charge in [-0.05, 0) is 31.5 Å². The van der Waals surface area contributed by atoms with Gasteiger partial charge in [0.05, 0.1) is 6.61 Å². The van der Waals surface area contributed by atoms with Crippen molar-refractivity contribution in [1.29, 1.82) is 0 Å². The predicted molar refractivity (Wildman–Crippen MR) is 76.9 cm³/mol. The molecule has 5 heteroatoms. The van der Waals surface area contributed by atoms with Crippen LogP contribution < -0.4 is 0 Å². The Hall–Kier alpha value is -1.88. The van der Waals surface area contributed by atoms with E-state index in [4.69, 9.17) is 9.15 Å². The molecule has 0 radical (unpaired) electrons. The number of rotatable bonds is 2. The molecule has 0 aliphatic carbocycles. The molecule has 4 rings (SSSR count). The molecule has 2 atom stereocenters. The van der Waals surface area contributed by atoms with Crippen molar-refractivity contribution in [3.05, 3.63) is 30.2 Å². The number of aromatic nitrogens is 1. The Morgan fingerprint density at radius 1 is 1.24 bits per heavy atom. The minimum absolute atomic E-state index is 0.0721. The van der Waals surface area contributed by atoms with Crippen molar-refractivity contribution < 1.29 is 13.9 Å². The fourth-order valence-electron chi connectivity index (χ4n) is 3.37. The van der Waals surface area contributed by atoms with Crippen LogP contribution in [-0.4, -0.2) is 41.6 Å². The number of esters is 1. The molecule has 2 aromatic rings. The van der Waals surface area contributed by atoms with Gasteiger partial charge < -0.3 is 9.15 Å². The molecule has 1 aromatic carbocycles. The summed E-state index contributed by atoms with van der Waals surface area (Å²) in [6.07, 6.45) is 2.93. The average molecular weight is 286 g/mol. The third-order valence-electron chi connectivity index (χ3n) is 4.46. The number of likely N-dealkylation sites (tertiary alicyclic amines) is 1. The van der Waals surface area contributed by atoms with Gasteiger partial charge in [0.1, 0.15) is 11.6 Å². The molecule has 0 N–H and O–H groups in total. The maximum atomic E-state index is 11.8. The maximum Gasteiger partial charge on any atom is 0.323 e. The number of ether oxygens (including phenoxy) is 1. The van der Waals surface area contributed by atoms with Gasteiger partial charge >= 0.3 is 5.97 Å². The Morgan fingerprint density at radius 3 is 2.95 bits per heavy atom. The lowest BCUT2D eigenvalue weighted by Gasteiger charge is -2.33. The van der Waals surface area contributed by atoms with E-state index in [9.17, 15) is 4.79 Å². The van der Waals surface area contributed by atoms with E-state index in [1.165, 1.54) is 0 Å². The zero-order valence-electron chi connectivity index (χ0n) is 11.8. The van der Waals surface area contributed by atoms with Crippen LogP contribution in [-0.2, 0) is 9.53 Å². The number of hydrogen-bond acceptors (Lipinski definition) is 5. The third-order valence-corrected chi connectivity index (χ3v) is 4.46. The summed E-state index contributed by atoms with van der Waals surface area (Å²) in [4.78, 5) is 18.6. The Morgan fingerprint density at radius 2 is 2.14 bits per heavy atom. The number of cyclic esters (lactones) is 1. The van der Waals surface area contributed by atoms with Crippen molar-refractivity contribution in [2.24, 2.45) is 0 Å². The van der Waals surface area contributed by atoms with Crippen LogP contribution >= 0.6 is 0 Å². The van der Waals surface area contributed by atoms with Gasteiger partial charge in [0, 0.05) is 18.9 Å². The number of benzene rings is 1. The number of hydrogen-bond donors (Lipinski definition) is 0. The average Bonchev–Trinajstić information content (AvgIpc) is 3.13. The van der Waals surface area contributed by atoms with Crippen LogP contribution in [0.15, 0.2) is 28.7 Å². The molecule has 2 saturated heterocycles. The molecule has 2 fully saturated rings. The third kappa shape index (κ3) is 2.31. The van der Waals surface area contributed by atoms with Gasteiger partial charge in [-0.3, -0.25) is 9.69 Å². The minimum Gasteiger partial charge on any atom is -0.464 e. The van der Waals surface area contributed by atoms with E-state index in [0.717, 1.165) is 49.3 Å². The second-order valence-electron chi connectivity index (χ2n) is 5.83. The minimum atomic E-state index is -0.0757. The van der Waals surface area contributed by atoms with Gasteiger partial charge in [-0.1, -0.05) is 12.1 Å². The molecule has 5 nitrogen and oxygen atoms in total. The molecule has 2 aliphatic rings. The van der Waals surface area contributed by atoms with E-state index in [1.54, 1.807) is 0 Å². The largest absolute Gasteiger partial charge is 0.464 e. The lowest BCUT2D eigenvalue weighted by molar-refractivity contribution is -0.142. The van der Waals surface area contributed by atoms with Crippen LogP contribution in [0.1, 0.15) is 31.1 Å². The SMILES string of the molecule is O=C1OCC[C@@H]1N1CCC[C@H](c2nc3ccccc3o2)C1. The number of piperidine rings is 1. The first-order valence-corrected chi connectivity index (χ1v) is 7.57. The second-order valence-corrected chi connectivity index (χ2v) is 5.83. The molecule has 3 heterocycles. The summed E-state index contributed by atoms with van der Waals surface area (Å²) >= 11 is 0. The molecule has 21 heavy (non-hydrogen) atoms. The van der Waals surface area contributed by atoms with Gasteiger partial charge in [-0.25, -0.2) is 4.98 Å². The zero-order chi connectivity index (χ0) is 14.2. The highest BCUT2D eigenvalue weighted by molar-refractivity contribution is 5.77. The number of nitrogens with zero attached hydrogens (tertiary/aromatic N) is 2. The van der Waals surface area contributed by atoms with Crippen molar-refractivity contribution in [2.75, 3.05) is 19.7 Å². The molecule has 0 spiro atoms. The van der Waals surface area contributed by atoms with Gasteiger partial charge in [0.15, 0.2) is 11.5 Å². The van der Waals surface area contributed by atoms with E-state index < -0.39 is 0 Å². The summed E-state index contributed by atoms with van der Waals surface area (Å²) in [6, 6.07) is 7.77. The molecule has 0 saturated carbocycles. The van der Waals surface area contributed by atoms with Crippen LogP contribution in [0.2, 0.25) is 0 Å². The topological polar surface area (TPSA) is 55.6 Å². The first-order chi connectivity index (χ1) is 10.3. The molecule has 110 valence electrons. The summed E-state index contributed by atoms with van der Waals surface area (Å²) in [6.45, 7) is 2.33. The Kier molecular flexibility index (Phi) is 3.15. The molecule has 0 amide bonds. The monoisotopic (exact) mass is 286 g/mol. The van der Waals surface area contributed by atoms with Crippen LogP contribution in [0.3, 0.4) is 0 Å². The highest BCUT2D eigenvalue weighted by atomic mass is 16.5. The number of carbonyl (C=O) groups is 1. The normalized spacial score (nSPS) is 27.1. The number of fused-ring (bicyclic) bond motifs is 1. The first kappa shape index (κ1) is 12.8. The number of carbonyl (C=O) groups excluding carboxylic acids is 1. The van der Waals surface area contributed by atoms with Crippen molar-refractivity contribution in [3.8, 4) is 0 Å². The Labute approximate surface area is 122 Å². The number of para-hydroxylation sites is 2. The summed E-state index contributed by atoms with van der Waals surface area (Å²) in [5.41, 5.74) is 1.75. The van der Waals surface area contributed by atoms with Gasteiger partial charge in [0.25, 0.3) is 0 Å². The van der Waals surface area contributed by atoms with Crippen LogP contribution in [0.5, 0.6) is 0 Å². The molecule has 0 unspecified atom stereocenters. The summed E-state index contributed by atoms with van der Waals surface area (Å²) < 4.78 is 11.0. The second kappa shape index (κ2) is 5.15. The van der Waals surface area contributed by atoms with E-state index in [-0.39, 0.29) is 17.9 Å². The van der Waals surface area contributed by atoms with Crippen molar-refractivity contribution in [2.45, 2.75) is 31.2 Å². The van der Waals surface area contributed by atoms with Crippen molar-refractivity contribution in [3.63, 3.8) is 0 Å². The highest BCUT2D eigenvalue weighted by Gasteiger charge is 2.36. The molecule has 1 aromatic heterocycles. The number of oxazole rings is 1. The van der Waals surface area contributed by atoms with Crippen LogP contribution in [0, 0.1) is 0 Å². The van der Waals surface area contributed by atoms with Crippen molar-refractivity contribution >= 4 is 17.1 Å². The Bertz CT molecular complexity index is 633. The molecule has 2 aliphatic heterocycles. The van der Waals surface area contributed by atoms with E-state index in [1.807, 2.05) is 24.3 Å². The first-order valence-electron chi connectivity index (χ1n) is 7.57. The van der Waals surface area contributed by atoms with Gasteiger partial charge in [0.2, 0.25) is 0 Å².